The molecule has 0 fully saturated rings. The van der Waals surface area contributed by atoms with Crippen LogP contribution in [0.2, 0.25) is 0 Å². The first-order valence-electron chi connectivity index (χ1n) is 13.3. The number of rotatable bonds is 5. The second kappa shape index (κ2) is 10.5. The lowest BCUT2D eigenvalue weighted by atomic mass is 9.92. The van der Waals surface area contributed by atoms with Crippen molar-refractivity contribution in [1.82, 2.24) is 0 Å². The number of benzene rings is 4. The number of anilines is 2. The SMILES string of the molecule is Cc1cc(-c2ccc(N/C=C3\C(=O)C=Cc4ccccc43)c(C)c2)ccc1N/C=C1\C(=O)C=Cc2ccccc21. The second-order valence-electron chi connectivity index (χ2n) is 10.0. The minimum absolute atomic E-state index is 0.00572. The molecule has 0 amide bonds. The monoisotopic (exact) mass is 520 g/mol. The summed E-state index contributed by atoms with van der Waals surface area (Å²) < 4.78 is 0. The molecule has 0 heterocycles. The molecule has 2 N–H and O–H groups in total. The van der Waals surface area contributed by atoms with Crippen molar-refractivity contribution in [3.63, 3.8) is 0 Å². The van der Waals surface area contributed by atoms with E-state index in [-0.39, 0.29) is 11.6 Å². The number of nitrogens with one attached hydrogen (secondary N) is 2. The summed E-state index contributed by atoms with van der Waals surface area (Å²) >= 11 is 0. The first-order chi connectivity index (χ1) is 19.5. The topological polar surface area (TPSA) is 58.2 Å². The van der Waals surface area contributed by atoms with Gasteiger partial charge in [0.15, 0.2) is 11.6 Å². The molecule has 4 aromatic carbocycles. The van der Waals surface area contributed by atoms with Gasteiger partial charge < -0.3 is 10.6 Å². The molecule has 4 aromatic rings. The summed E-state index contributed by atoms with van der Waals surface area (Å²) in [4.78, 5) is 25.1. The van der Waals surface area contributed by atoms with Crippen molar-refractivity contribution in [2.75, 3.05) is 10.6 Å². The molecule has 0 atom stereocenters. The highest BCUT2D eigenvalue weighted by Crippen LogP contribution is 2.31. The number of fused-ring (bicyclic) bond motifs is 2. The van der Waals surface area contributed by atoms with Crippen molar-refractivity contribution in [2.24, 2.45) is 0 Å². The van der Waals surface area contributed by atoms with Gasteiger partial charge in [0.1, 0.15) is 0 Å². The Labute approximate surface area is 234 Å². The van der Waals surface area contributed by atoms with Crippen molar-refractivity contribution >= 4 is 46.2 Å². The Morgan fingerprint density at radius 1 is 0.525 bits per heavy atom. The third-order valence-electron chi connectivity index (χ3n) is 7.39. The Bertz CT molecular complexity index is 1670. The zero-order valence-corrected chi connectivity index (χ0v) is 22.4. The lowest BCUT2D eigenvalue weighted by Gasteiger charge is -2.15. The predicted octanol–water partition coefficient (Wildman–Crippen LogP) is 8.07. The zero-order valence-electron chi connectivity index (χ0n) is 22.4. The average Bonchev–Trinajstić information content (AvgIpc) is 2.97. The van der Waals surface area contributed by atoms with Crippen LogP contribution in [0.15, 0.2) is 109 Å². The molecule has 0 bridgehead atoms. The van der Waals surface area contributed by atoms with Crippen molar-refractivity contribution in [3.05, 3.63) is 143 Å². The van der Waals surface area contributed by atoms with E-state index in [4.69, 9.17) is 0 Å². The lowest BCUT2D eigenvalue weighted by molar-refractivity contribution is -0.110. The first-order valence-corrected chi connectivity index (χ1v) is 13.3. The maximum absolute atomic E-state index is 12.5. The minimum atomic E-state index is -0.00572. The van der Waals surface area contributed by atoms with Gasteiger partial charge in [0, 0.05) is 34.9 Å². The Balaban J connectivity index is 1.20. The summed E-state index contributed by atoms with van der Waals surface area (Å²) in [6.45, 7) is 4.12. The van der Waals surface area contributed by atoms with E-state index in [0.717, 1.165) is 55.9 Å². The van der Waals surface area contributed by atoms with Gasteiger partial charge in [0.25, 0.3) is 0 Å². The van der Waals surface area contributed by atoms with E-state index in [1.165, 1.54) is 0 Å². The molecule has 0 radical (unpaired) electrons. The Morgan fingerprint density at radius 3 is 1.38 bits per heavy atom. The van der Waals surface area contributed by atoms with Gasteiger partial charge in [-0.15, -0.1) is 0 Å². The summed E-state index contributed by atoms with van der Waals surface area (Å²) in [6, 6.07) is 28.4. The Kier molecular flexibility index (Phi) is 6.59. The second-order valence-corrected chi connectivity index (χ2v) is 10.0. The molecule has 0 saturated carbocycles. The van der Waals surface area contributed by atoms with Crippen molar-refractivity contribution in [1.29, 1.82) is 0 Å². The van der Waals surface area contributed by atoms with E-state index in [0.29, 0.717) is 11.1 Å². The van der Waals surface area contributed by atoms with E-state index in [1.54, 1.807) is 24.6 Å². The maximum Gasteiger partial charge on any atom is 0.187 e. The molecular weight excluding hydrogens is 492 g/mol. The van der Waals surface area contributed by atoms with E-state index < -0.39 is 0 Å². The molecule has 2 aliphatic rings. The van der Waals surface area contributed by atoms with Crippen LogP contribution in [0.25, 0.3) is 34.4 Å². The number of aryl methyl sites for hydroxylation is 2. The normalized spacial score (nSPS) is 15.8. The molecule has 0 saturated heterocycles. The summed E-state index contributed by atoms with van der Waals surface area (Å²) in [6.07, 6.45) is 10.6. The zero-order chi connectivity index (χ0) is 27.6. The highest BCUT2D eigenvalue weighted by Gasteiger charge is 2.18. The van der Waals surface area contributed by atoms with Gasteiger partial charge in [-0.05, 0) is 94.8 Å². The van der Waals surface area contributed by atoms with Crippen molar-refractivity contribution in [3.8, 4) is 11.1 Å². The fourth-order valence-electron chi connectivity index (χ4n) is 5.16. The number of hydrogen-bond acceptors (Lipinski definition) is 4. The molecule has 0 unspecified atom stereocenters. The fourth-order valence-corrected chi connectivity index (χ4v) is 5.16. The molecule has 0 aromatic heterocycles. The predicted molar refractivity (Wildman–Crippen MR) is 166 cm³/mol. The molecule has 4 nitrogen and oxygen atoms in total. The third-order valence-corrected chi connectivity index (χ3v) is 7.39. The van der Waals surface area contributed by atoms with Gasteiger partial charge in [-0.2, -0.15) is 0 Å². The quantitative estimate of drug-likeness (QED) is 0.261. The third kappa shape index (κ3) is 4.83. The van der Waals surface area contributed by atoms with Crippen molar-refractivity contribution in [2.45, 2.75) is 13.8 Å². The van der Waals surface area contributed by atoms with Crippen LogP contribution in [-0.2, 0) is 9.59 Å². The van der Waals surface area contributed by atoms with Crippen LogP contribution in [0.5, 0.6) is 0 Å². The summed E-state index contributed by atoms with van der Waals surface area (Å²) in [5.74, 6) is -0.0114. The molecule has 4 heteroatoms. The van der Waals surface area contributed by atoms with Crippen LogP contribution in [0.1, 0.15) is 33.4 Å². The van der Waals surface area contributed by atoms with Crippen LogP contribution in [0.4, 0.5) is 11.4 Å². The summed E-state index contributed by atoms with van der Waals surface area (Å²) in [5.41, 5.74) is 11.5. The molecule has 194 valence electrons. The van der Waals surface area contributed by atoms with Gasteiger partial charge in [-0.25, -0.2) is 0 Å². The van der Waals surface area contributed by atoms with Crippen LogP contribution < -0.4 is 10.6 Å². The minimum Gasteiger partial charge on any atom is -0.361 e. The van der Waals surface area contributed by atoms with Crippen LogP contribution >= 0.6 is 0 Å². The Morgan fingerprint density at radius 2 is 0.950 bits per heavy atom. The molecule has 6 rings (SSSR count). The highest BCUT2D eigenvalue weighted by molar-refractivity contribution is 6.30. The van der Waals surface area contributed by atoms with Gasteiger partial charge in [-0.3, -0.25) is 9.59 Å². The highest BCUT2D eigenvalue weighted by atomic mass is 16.1. The summed E-state index contributed by atoms with van der Waals surface area (Å²) in [7, 11) is 0. The van der Waals surface area contributed by atoms with Crippen LogP contribution in [0.3, 0.4) is 0 Å². The molecule has 40 heavy (non-hydrogen) atoms. The van der Waals surface area contributed by atoms with Gasteiger partial charge in [-0.1, -0.05) is 72.8 Å². The van der Waals surface area contributed by atoms with Crippen LogP contribution in [-0.4, -0.2) is 11.6 Å². The number of ketones is 2. The van der Waals surface area contributed by atoms with Gasteiger partial charge >= 0.3 is 0 Å². The number of allylic oxidation sites excluding steroid dienone is 4. The summed E-state index contributed by atoms with van der Waals surface area (Å²) in [5, 5.41) is 6.69. The molecular formula is C36H28N2O2. The smallest absolute Gasteiger partial charge is 0.187 e. The number of hydrogen-bond donors (Lipinski definition) is 2. The van der Waals surface area contributed by atoms with Crippen molar-refractivity contribution < 1.29 is 9.59 Å². The fraction of sp³-hybridized carbons (Fsp3) is 0.0556. The molecule has 0 aliphatic heterocycles. The lowest BCUT2D eigenvalue weighted by Crippen LogP contribution is -2.07. The molecule has 0 spiro atoms. The average molecular weight is 521 g/mol. The standard InChI is InChI=1S/C36H28N2O2/c1-23-19-27(11-15-33(23)37-21-31-29-9-5-3-7-25(29)13-17-35(31)39)28-12-16-34(24(2)20-28)38-22-32-30-10-6-4-8-26(30)14-18-36(32)40/h3-22,37-38H,1-2H3/b31-21-,32-22-. The Hall–Kier alpha value is -5.22. The van der Waals surface area contributed by atoms with E-state index in [9.17, 15) is 9.59 Å². The number of carbonyl (C=O) groups is 2. The first kappa shape index (κ1) is 25.1. The van der Waals surface area contributed by atoms with Crippen LogP contribution in [0, 0.1) is 13.8 Å². The van der Waals surface area contributed by atoms with E-state index in [1.807, 2.05) is 72.8 Å². The van der Waals surface area contributed by atoms with E-state index in [2.05, 4.69) is 48.7 Å². The van der Waals surface area contributed by atoms with Gasteiger partial charge in [0.05, 0.1) is 0 Å². The molecule has 2 aliphatic carbocycles. The maximum atomic E-state index is 12.5. The van der Waals surface area contributed by atoms with Gasteiger partial charge in [0.2, 0.25) is 0 Å². The van der Waals surface area contributed by atoms with E-state index >= 15 is 0 Å². The number of carbonyl (C=O) groups excluding carboxylic acids is 2. The largest absolute Gasteiger partial charge is 0.361 e.